The highest BCUT2D eigenvalue weighted by molar-refractivity contribution is 7.99. The molecule has 27 heavy (non-hydrogen) atoms. The summed E-state index contributed by atoms with van der Waals surface area (Å²) in [6.45, 7) is 5.25. The van der Waals surface area contributed by atoms with Crippen molar-refractivity contribution < 1.29 is 4.79 Å². The number of carbonyl (C=O) groups is 1. The molecule has 1 heterocycles. The average Bonchev–Trinajstić information content (AvgIpc) is 2.65. The Labute approximate surface area is 171 Å². The molecule has 0 radical (unpaired) electrons. The van der Waals surface area contributed by atoms with Gasteiger partial charge in [0.25, 0.3) is 0 Å². The molecule has 3 nitrogen and oxygen atoms in total. The van der Waals surface area contributed by atoms with Gasteiger partial charge in [0, 0.05) is 36.5 Å². The molecule has 0 saturated carbocycles. The van der Waals surface area contributed by atoms with E-state index in [9.17, 15) is 4.79 Å². The Kier molecular flexibility index (Phi) is 7.62. The molecule has 1 aliphatic rings. The number of carbonyl (C=O) groups excluding carboxylic acids is 1. The standard InChI is InChI=1S/C22H27ClN2OS/c1-17-5-2-3-7-19(17)14-25-11-9-21(10-12-25)24-22(26)16-27-15-18-6-4-8-20(23)13-18/h2-8,13,21H,9-12,14-16H2,1H3,(H,24,26). The maximum atomic E-state index is 12.2. The third-order valence-corrected chi connectivity index (χ3v) is 6.24. The van der Waals surface area contributed by atoms with Crippen molar-refractivity contribution in [3.8, 4) is 0 Å². The SMILES string of the molecule is Cc1ccccc1CN1CCC(NC(=O)CSCc2cccc(Cl)c2)CC1. The van der Waals surface area contributed by atoms with Gasteiger partial charge in [-0.25, -0.2) is 0 Å². The lowest BCUT2D eigenvalue weighted by atomic mass is 10.0. The van der Waals surface area contributed by atoms with Crippen LogP contribution in [0, 0.1) is 6.92 Å². The van der Waals surface area contributed by atoms with Gasteiger partial charge < -0.3 is 5.32 Å². The van der Waals surface area contributed by atoms with Gasteiger partial charge in [-0.2, -0.15) is 0 Å². The number of likely N-dealkylation sites (tertiary alicyclic amines) is 1. The average molecular weight is 403 g/mol. The number of benzene rings is 2. The Morgan fingerprint density at radius 2 is 1.96 bits per heavy atom. The van der Waals surface area contributed by atoms with Gasteiger partial charge in [-0.05, 0) is 48.6 Å². The second kappa shape index (κ2) is 10.2. The highest BCUT2D eigenvalue weighted by Gasteiger charge is 2.20. The van der Waals surface area contributed by atoms with Crippen molar-refractivity contribution in [2.24, 2.45) is 0 Å². The number of amides is 1. The smallest absolute Gasteiger partial charge is 0.230 e. The number of halogens is 1. The highest BCUT2D eigenvalue weighted by atomic mass is 35.5. The van der Waals surface area contributed by atoms with E-state index in [2.05, 4.69) is 41.4 Å². The lowest BCUT2D eigenvalue weighted by molar-refractivity contribution is -0.119. The number of piperidine rings is 1. The van der Waals surface area contributed by atoms with Crippen LogP contribution in [-0.4, -0.2) is 35.7 Å². The molecule has 0 unspecified atom stereocenters. The molecule has 0 aliphatic carbocycles. The van der Waals surface area contributed by atoms with Crippen LogP contribution in [0.3, 0.4) is 0 Å². The molecule has 0 bridgehead atoms. The van der Waals surface area contributed by atoms with Crippen molar-refractivity contribution in [1.29, 1.82) is 0 Å². The third kappa shape index (κ3) is 6.56. The summed E-state index contributed by atoms with van der Waals surface area (Å²) in [5.74, 6) is 1.44. The summed E-state index contributed by atoms with van der Waals surface area (Å²) < 4.78 is 0. The number of aryl methyl sites for hydroxylation is 1. The Balaban J connectivity index is 1.35. The van der Waals surface area contributed by atoms with Gasteiger partial charge in [-0.1, -0.05) is 48.0 Å². The highest BCUT2D eigenvalue weighted by Crippen LogP contribution is 2.18. The maximum absolute atomic E-state index is 12.2. The Bertz CT molecular complexity index is 759. The van der Waals surface area contributed by atoms with Crippen molar-refractivity contribution in [1.82, 2.24) is 10.2 Å². The summed E-state index contributed by atoms with van der Waals surface area (Å²) in [7, 11) is 0. The van der Waals surface area contributed by atoms with Gasteiger partial charge >= 0.3 is 0 Å². The molecule has 5 heteroatoms. The maximum Gasteiger partial charge on any atom is 0.230 e. The van der Waals surface area contributed by atoms with Crippen molar-refractivity contribution in [3.63, 3.8) is 0 Å². The van der Waals surface area contributed by atoms with Crippen molar-refractivity contribution in [2.75, 3.05) is 18.8 Å². The minimum absolute atomic E-state index is 0.138. The quantitative estimate of drug-likeness (QED) is 0.730. The lowest BCUT2D eigenvalue weighted by Gasteiger charge is -2.32. The summed E-state index contributed by atoms with van der Waals surface area (Å²) in [5, 5.41) is 3.95. The zero-order valence-electron chi connectivity index (χ0n) is 15.8. The predicted octanol–water partition coefficient (Wildman–Crippen LogP) is 4.66. The summed E-state index contributed by atoms with van der Waals surface area (Å²) in [4.78, 5) is 14.7. The fourth-order valence-corrected chi connectivity index (χ4v) is 4.42. The van der Waals surface area contributed by atoms with E-state index < -0.39 is 0 Å². The predicted molar refractivity (Wildman–Crippen MR) is 115 cm³/mol. The van der Waals surface area contributed by atoms with Crippen LogP contribution in [0.4, 0.5) is 0 Å². The fraction of sp³-hybridized carbons (Fsp3) is 0.409. The number of thioether (sulfide) groups is 1. The van der Waals surface area contributed by atoms with Gasteiger partial charge in [-0.15, -0.1) is 11.8 Å². The third-order valence-electron chi connectivity index (χ3n) is 5.00. The number of hydrogen-bond acceptors (Lipinski definition) is 3. The Morgan fingerprint density at radius 1 is 1.19 bits per heavy atom. The van der Waals surface area contributed by atoms with Crippen LogP contribution in [0.2, 0.25) is 5.02 Å². The van der Waals surface area contributed by atoms with Crippen LogP contribution < -0.4 is 5.32 Å². The van der Waals surface area contributed by atoms with Crippen LogP contribution in [0.5, 0.6) is 0 Å². The minimum Gasteiger partial charge on any atom is -0.353 e. The normalized spacial score (nSPS) is 15.6. The van der Waals surface area contributed by atoms with Gasteiger partial charge in [-0.3, -0.25) is 9.69 Å². The molecule has 3 rings (SSSR count). The fourth-order valence-electron chi connectivity index (χ4n) is 3.42. The Morgan fingerprint density at radius 3 is 2.70 bits per heavy atom. The van der Waals surface area contributed by atoms with Crippen LogP contribution >= 0.6 is 23.4 Å². The van der Waals surface area contributed by atoms with E-state index in [4.69, 9.17) is 11.6 Å². The number of rotatable bonds is 7. The van der Waals surface area contributed by atoms with Gasteiger partial charge in [0.1, 0.15) is 0 Å². The molecule has 2 aromatic carbocycles. The minimum atomic E-state index is 0.138. The van der Waals surface area contributed by atoms with E-state index in [0.717, 1.165) is 48.8 Å². The van der Waals surface area contributed by atoms with Crippen molar-refractivity contribution in [3.05, 3.63) is 70.2 Å². The van der Waals surface area contributed by atoms with E-state index in [0.29, 0.717) is 11.8 Å². The van der Waals surface area contributed by atoms with E-state index in [1.165, 1.54) is 11.1 Å². The first-order valence-electron chi connectivity index (χ1n) is 9.48. The topological polar surface area (TPSA) is 32.3 Å². The lowest BCUT2D eigenvalue weighted by Crippen LogP contribution is -2.44. The van der Waals surface area contributed by atoms with Gasteiger partial charge in [0.05, 0.1) is 5.75 Å². The molecular weight excluding hydrogens is 376 g/mol. The van der Waals surface area contributed by atoms with Gasteiger partial charge in [0.15, 0.2) is 0 Å². The molecule has 0 atom stereocenters. The zero-order valence-corrected chi connectivity index (χ0v) is 17.4. The molecule has 1 fully saturated rings. The molecule has 1 aliphatic heterocycles. The largest absolute Gasteiger partial charge is 0.353 e. The number of nitrogens with one attached hydrogen (secondary N) is 1. The van der Waals surface area contributed by atoms with E-state index in [1.807, 2.05) is 24.3 Å². The zero-order chi connectivity index (χ0) is 19.1. The summed E-state index contributed by atoms with van der Waals surface area (Å²) in [6.07, 6.45) is 2.05. The number of hydrogen-bond donors (Lipinski definition) is 1. The van der Waals surface area contributed by atoms with Gasteiger partial charge in [0.2, 0.25) is 5.91 Å². The molecule has 1 saturated heterocycles. The second-order valence-corrected chi connectivity index (χ2v) is 8.59. The van der Waals surface area contributed by atoms with Crippen LogP contribution in [0.1, 0.15) is 29.5 Å². The van der Waals surface area contributed by atoms with Crippen molar-refractivity contribution in [2.45, 2.75) is 38.1 Å². The molecule has 1 amide bonds. The molecule has 144 valence electrons. The molecule has 1 N–H and O–H groups in total. The monoisotopic (exact) mass is 402 g/mol. The molecular formula is C22H27ClN2OS. The molecule has 2 aromatic rings. The van der Waals surface area contributed by atoms with E-state index in [-0.39, 0.29) is 5.91 Å². The summed E-state index contributed by atoms with van der Waals surface area (Å²) >= 11 is 7.63. The molecule has 0 aromatic heterocycles. The van der Waals surface area contributed by atoms with Crippen LogP contribution in [0.15, 0.2) is 48.5 Å². The molecule has 0 spiro atoms. The Hall–Kier alpha value is -1.49. The van der Waals surface area contributed by atoms with E-state index >= 15 is 0 Å². The second-order valence-electron chi connectivity index (χ2n) is 7.17. The van der Waals surface area contributed by atoms with Crippen LogP contribution in [-0.2, 0) is 17.1 Å². The first-order valence-corrected chi connectivity index (χ1v) is 11.0. The first kappa shape index (κ1) is 20.2. The van der Waals surface area contributed by atoms with Crippen LogP contribution in [0.25, 0.3) is 0 Å². The summed E-state index contributed by atoms with van der Waals surface area (Å²) in [5.41, 5.74) is 3.91. The first-order chi connectivity index (χ1) is 13.1. The van der Waals surface area contributed by atoms with E-state index in [1.54, 1.807) is 11.8 Å². The number of nitrogens with zero attached hydrogens (tertiary/aromatic N) is 1. The van der Waals surface area contributed by atoms with Crippen molar-refractivity contribution >= 4 is 29.3 Å². The summed E-state index contributed by atoms with van der Waals surface area (Å²) in [6, 6.07) is 16.7.